The topological polar surface area (TPSA) is 100 Å². The second-order valence-corrected chi connectivity index (χ2v) is 8.90. The van der Waals surface area contributed by atoms with Gasteiger partial charge in [0.05, 0.1) is 5.69 Å². The molecule has 1 fully saturated rings. The van der Waals surface area contributed by atoms with Crippen molar-refractivity contribution < 1.29 is 17.7 Å². The van der Waals surface area contributed by atoms with Crippen LogP contribution >= 0.6 is 0 Å². The maximum absolute atomic E-state index is 12.5. The van der Waals surface area contributed by atoms with E-state index in [1.54, 1.807) is 13.1 Å². The molecule has 0 unspecified atom stereocenters. The van der Waals surface area contributed by atoms with Crippen LogP contribution in [-0.2, 0) is 20.5 Å². The number of ether oxygens (including phenoxy) is 1. The quantitative estimate of drug-likeness (QED) is 0.370. The average Bonchev–Trinajstić information content (AvgIpc) is 3.13. The van der Waals surface area contributed by atoms with Gasteiger partial charge in [0.1, 0.15) is 12.0 Å². The Morgan fingerprint density at radius 2 is 2.11 bits per heavy atom. The van der Waals surface area contributed by atoms with Gasteiger partial charge in [-0.3, -0.25) is 4.99 Å². The van der Waals surface area contributed by atoms with Crippen LogP contribution in [0.3, 0.4) is 0 Å². The summed E-state index contributed by atoms with van der Waals surface area (Å²) in [6, 6.07) is 1.57. The molecule has 1 aliphatic rings. The predicted octanol–water partition coefficient (Wildman–Crippen LogP) is 0.760. The number of hydrogen-bond acceptors (Lipinski definition) is 6. The monoisotopic (exact) mass is 401 g/mol. The van der Waals surface area contributed by atoms with Crippen molar-refractivity contribution in [3.63, 3.8) is 0 Å². The van der Waals surface area contributed by atoms with Crippen LogP contribution in [0, 0.1) is 5.92 Å². The Hall–Kier alpha value is -1.65. The van der Waals surface area contributed by atoms with Crippen LogP contribution in [0.4, 0.5) is 0 Å². The molecule has 1 saturated heterocycles. The van der Waals surface area contributed by atoms with E-state index in [2.05, 4.69) is 34.2 Å². The highest BCUT2D eigenvalue weighted by atomic mass is 32.2. The van der Waals surface area contributed by atoms with Crippen LogP contribution < -0.4 is 5.32 Å². The van der Waals surface area contributed by atoms with Gasteiger partial charge >= 0.3 is 0 Å². The third-order valence-electron chi connectivity index (χ3n) is 4.16. The number of rotatable bonds is 9. The predicted molar refractivity (Wildman–Crippen MR) is 104 cm³/mol. The number of aromatic nitrogens is 1. The second-order valence-electron chi connectivity index (χ2n) is 6.93. The zero-order valence-corrected chi connectivity index (χ0v) is 17.2. The summed E-state index contributed by atoms with van der Waals surface area (Å²) in [5, 5.41) is 7.01. The minimum absolute atomic E-state index is 0.132. The van der Waals surface area contributed by atoms with Crippen LogP contribution in [0.25, 0.3) is 0 Å². The molecule has 1 aromatic heterocycles. The molecule has 0 amide bonds. The third kappa shape index (κ3) is 7.11. The van der Waals surface area contributed by atoms with E-state index in [9.17, 15) is 8.42 Å². The normalized spacial score (nSPS) is 16.9. The molecule has 0 radical (unpaired) electrons. The summed E-state index contributed by atoms with van der Waals surface area (Å²) in [6.45, 7) is 8.59. The SMILES string of the molecule is CN=C(NCCCOCC(C)C)N1CCN(S(=O)(=O)Cc2ccon2)CC1. The first kappa shape index (κ1) is 21.6. The van der Waals surface area contributed by atoms with E-state index in [0.29, 0.717) is 37.8 Å². The highest BCUT2D eigenvalue weighted by molar-refractivity contribution is 7.88. The molecule has 1 N–H and O–H groups in total. The average molecular weight is 402 g/mol. The Bertz CT molecular complexity index is 668. The third-order valence-corrected chi connectivity index (χ3v) is 5.98. The van der Waals surface area contributed by atoms with Crippen LogP contribution in [-0.4, -0.2) is 81.7 Å². The van der Waals surface area contributed by atoms with Crippen LogP contribution in [0.1, 0.15) is 26.0 Å². The van der Waals surface area contributed by atoms with Gasteiger partial charge in [-0.2, -0.15) is 4.31 Å². The molecule has 0 saturated carbocycles. The van der Waals surface area contributed by atoms with Crippen LogP contribution in [0.2, 0.25) is 0 Å². The Labute approximate surface area is 161 Å². The van der Waals surface area contributed by atoms with Gasteiger partial charge in [-0.1, -0.05) is 19.0 Å². The molecule has 27 heavy (non-hydrogen) atoms. The molecule has 1 aliphatic heterocycles. The fourth-order valence-corrected chi connectivity index (χ4v) is 4.22. The van der Waals surface area contributed by atoms with Gasteiger partial charge in [-0.15, -0.1) is 0 Å². The first-order chi connectivity index (χ1) is 12.9. The summed E-state index contributed by atoms with van der Waals surface area (Å²) in [5.41, 5.74) is 0.426. The van der Waals surface area contributed by atoms with Crippen LogP contribution in [0.5, 0.6) is 0 Å². The van der Waals surface area contributed by atoms with Crippen molar-refractivity contribution in [2.24, 2.45) is 10.9 Å². The minimum Gasteiger partial charge on any atom is -0.381 e. The Kier molecular flexibility index (Phi) is 8.52. The highest BCUT2D eigenvalue weighted by Gasteiger charge is 2.28. The first-order valence-corrected chi connectivity index (χ1v) is 10.9. The van der Waals surface area contributed by atoms with Gasteiger partial charge in [0, 0.05) is 59.1 Å². The lowest BCUT2D eigenvalue weighted by atomic mass is 10.2. The maximum Gasteiger partial charge on any atom is 0.220 e. The number of nitrogens with zero attached hydrogens (tertiary/aromatic N) is 4. The lowest BCUT2D eigenvalue weighted by molar-refractivity contribution is 0.108. The number of guanidine groups is 1. The molecule has 10 heteroatoms. The lowest BCUT2D eigenvalue weighted by Gasteiger charge is -2.35. The van der Waals surface area contributed by atoms with Crippen molar-refractivity contribution in [1.82, 2.24) is 19.7 Å². The summed E-state index contributed by atoms with van der Waals surface area (Å²) in [5.74, 6) is 1.21. The molecular formula is C17H31N5O4S. The number of hydrogen-bond donors (Lipinski definition) is 1. The molecule has 2 rings (SSSR count). The van der Waals surface area contributed by atoms with Crippen molar-refractivity contribution in [1.29, 1.82) is 0 Å². The number of sulfonamides is 1. The van der Waals surface area contributed by atoms with Gasteiger partial charge in [0.25, 0.3) is 0 Å². The van der Waals surface area contributed by atoms with Crippen LogP contribution in [0.15, 0.2) is 21.8 Å². The van der Waals surface area contributed by atoms with E-state index >= 15 is 0 Å². The molecule has 0 spiro atoms. The van der Waals surface area contributed by atoms with Crippen molar-refractivity contribution in [2.45, 2.75) is 26.0 Å². The lowest BCUT2D eigenvalue weighted by Crippen LogP contribution is -2.54. The zero-order chi connectivity index (χ0) is 19.7. The number of nitrogens with one attached hydrogen (secondary N) is 1. The molecule has 9 nitrogen and oxygen atoms in total. The summed E-state index contributed by atoms with van der Waals surface area (Å²) in [7, 11) is -1.65. The molecule has 0 aliphatic carbocycles. The molecular weight excluding hydrogens is 370 g/mol. The van der Waals surface area contributed by atoms with Gasteiger partial charge in [0.2, 0.25) is 10.0 Å². The van der Waals surface area contributed by atoms with Gasteiger partial charge < -0.3 is 19.5 Å². The van der Waals surface area contributed by atoms with E-state index in [1.165, 1.54) is 10.6 Å². The fraction of sp³-hybridized carbons (Fsp3) is 0.765. The largest absolute Gasteiger partial charge is 0.381 e. The second kappa shape index (κ2) is 10.6. The number of piperazine rings is 1. The van der Waals surface area contributed by atoms with E-state index in [-0.39, 0.29) is 5.75 Å². The Balaban J connectivity index is 1.73. The molecule has 1 aromatic rings. The van der Waals surface area contributed by atoms with Crippen molar-refractivity contribution in [2.75, 3.05) is 53.0 Å². The molecule has 0 aromatic carbocycles. The summed E-state index contributed by atoms with van der Waals surface area (Å²) in [4.78, 5) is 6.39. The molecule has 0 atom stereocenters. The van der Waals surface area contributed by atoms with Crippen molar-refractivity contribution in [3.8, 4) is 0 Å². The molecule has 154 valence electrons. The molecule has 2 heterocycles. The first-order valence-electron chi connectivity index (χ1n) is 9.33. The van der Waals surface area contributed by atoms with E-state index in [0.717, 1.165) is 32.1 Å². The Morgan fingerprint density at radius 1 is 1.37 bits per heavy atom. The molecule has 0 bridgehead atoms. The van der Waals surface area contributed by atoms with Gasteiger partial charge in [0.15, 0.2) is 5.96 Å². The van der Waals surface area contributed by atoms with Gasteiger partial charge in [-0.25, -0.2) is 8.42 Å². The standard InChI is InChI=1S/C17H31N5O4S/c1-15(2)13-25-11-4-6-19-17(18-3)21-7-9-22(10-8-21)27(23,24)14-16-5-12-26-20-16/h5,12,15H,4,6-11,13-14H2,1-3H3,(H,18,19). The van der Waals surface area contributed by atoms with E-state index in [4.69, 9.17) is 9.26 Å². The van der Waals surface area contributed by atoms with Crippen molar-refractivity contribution in [3.05, 3.63) is 18.0 Å². The maximum atomic E-state index is 12.5. The smallest absolute Gasteiger partial charge is 0.220 e. The summed E-state index contributed by atoms with van der Waals surface area (Å²) < 4.78 is 36.8. The van der Waals surface area contributed by atoms with Crippen molar-refractivity contribution >= 4 is 16.0 Å². The highest BCUT2D eigenvalue weighted by Crippen LogP contribution is 2.12. The minimum atomic E-state index is -3.39. The Morgan fingerprint density at radius 3 is 2.70 bits per heavy atom. The van der Waals surface area contributed by atoms with E-state index in [1.807, 2.05) is 0 Å². The summed E-state index contributed by atoms with van der Waals surface area (Å²) >= 11 is 0. The van der Waals surface area contributed by atoms with Gasteiger partial charge in [-0.05, 0) is 12.3 Å². The fourth-order valence-electron chi connectivity index (χ4n) is 2.79. The van der Waals surface area contributed by atoms with E-state index < -0.39 is 10.0 Å². The zero-order valence-electron chi connectivity index (χ0n) is 16.4. The number of aliphatic imine (C=N–C) groups is 1. The summed E-state index contributed by atoms with van der Waals surface area (Å²) in [6.07, 6.45) is 2.28.